The smallest absolute Gasteiger partial charge is 0.238 e. The molecule has 0 aliphatic rings. The van der Waals surface area contributed by atoms with E-state index in [4.69, 9.17) is 5.14 Å². The van der Waals surface area contributed by atoms with Crippen molar-refractivity contribution < 1.29 is 18.3 Å². The summed E-state index contributed by atoms with van der Waals surface area (Å²) < 4.78 is 21.5. The molecule has 6 nitrogen and oxygen atoms in total. The molecule has 78 valence electrons. The fourth-order valence-corrected chi connectivity index (χ4v) is 1.30. The SMILES string of the molecule is NS(=O)(=O)c1ccc(C(=O)[O-])cc1.[NH4+]. The van der Waals surface area contributed by atoms with Gasteiger partial charge in [-0.3, -0.25) is 0 Å². The Morgan fingerprint density at radius 3 is 1.93 bits per heavy atom. The number of rotatable bonds is 2. The zero-order valence-electron chi connectivity index (χ0n) is 7.43. The maximum Gasteiger partial charge on any atom is 0.238 e. The highest BCUT2D eigenvalue weighted by atomic mass is 32.2. The van der Waals surface area contributed by atoms with E-state index in [1.807, 2.05) is 0 Å². The Morgan fingerprint density at radius 1 is 1.21 bits per heavy atom. The van der Waals surface area contributed by atoms with Crippen molar-refractivity contribution in [3.05, 3.63) is 29.8 Å². The van der Waals surface area contributed by atoms with Gasteiger partial charge >= 0.3 is 0 Å². The van der Waals surface area contributed by atoms with Crippen molar-refractivity contribution >= 4 is 16.0 Å². The molecule has 6 N–H and O–H groups in total. The molecular formula is C7H10N2O4S. The highest BCUT2D eigenvalue weighted by Crippen LogP contribution is 2.07. The van der Waals surface area contributed by atoms with Gasteiger partial charge in [0, 0.05) is 0 Å². The van der Waals surface area contributed by atoms with Crippen molar-refractivity contribution in [3.8, 4) is 0 Å². The molecule has 0 radical (unpaired) electrons. The number of quaternary nitrogens is 1. The number of sulfonamides is 1. The lowest BCUT2D eigenvalue weighted by Gasteiger charge is -2.02. The summed E-state index contributed by atoms with van der Waals surface area (Å²) in [6.45, 7) is 0. The molecule has 7 heteroatoms. The molecule has 0 heterocycles. The first kappa shape index (κ1) is 12.6. The molecule has 0 unspecified atom stereocenters. The Kier molecular flexibility index (Phi) is 3.75. The number of benzene rings is 1. The number of nitrogens with two attached hydrogens (primary N) is 1. The summed E-state index contributed by atoms with van der Waals surface area (Å²) >= 11 is 0. The average molecular weight is 218 g/mol. The molecule has 0 amide bonds. The summed E-state index contributed by atoms with van der Waals surface area (Å²) in [5.74, 6) is -1.36. The van der Waals surface area contributed by atoms with Crippen molar-refractivity contribution in [2.45, 2.75) is 4.90 Å². The van der Waals surface area contributed by atoms with Crippen LogP contribution in [-0.2, 0) is 10.0 Å². The summed E-state index contributed by atoms with van der Waals surface area (Å²) in [5.41, 5.74) is -0.0904. The second-order valence-corrected chi connectivity index (χ2v) is 3.92. The standard InChI is InChI=1S/C7H7NO4S.H3N/c8-13(11,12)6-3-1-5(2-4-6)7(9)10;/h1-4H,(H,9,10)(H2,8,11,12);1H3. The summed E-state index contributed by atoms with van der Waals surface area (Å²) in [7, 11) is -3.76. The number of hydrogen-bond acceptors (Lipinski definition) is 4. The minimum absolute atomic E-state index is 0. The van der Waals surface area contributed by atoms with E-state index in [0.717, 1.165) is 24.3 Å². The Balaban J connectivity index is 0.00000169. The van der Waals surface area contributed by atoms with Gasteiger partial charge in [0.2, 0.25) is 10.0 Å². The molecule has 1 rings (SSSR count). The van der Waals surface area contributed by atoms with Gasteiger partial charge < -0.3 is 16.1 Å². The van der Waals surface area contributed by atoms with E-state index in [2.05, 4.69) is 0 Å². The maximum atomic E-state index is 10.7. The van der Waals surface area contributed by atoms with Crippen LogP contribution in [0.5, 0.6) is 0 Å². The Labute approximate surface area is 81.0 Å². The Hall–Kier alpha value is -1.44. The van der Waals surface area contributed by atoms with Crippen molar-refractivity contribution in [2.24, 2.45) is 5.14 Å². The number of carbonyl (C=O) groups is 1. The number of primary sulfonamides is 1. The predicted molar refractivity (Wildman–Crippen MR) is 48.1 cm³/mol. The van der Waals surface area contributed by atoms with Crippen LogP contribution in [0, 0.1) is 0 Å². The van der Waals surface area contributed by atoms with Gasteiger partial charge in [0.05, 0.1) is 10.9 Å². The summed E-state index contributed by atoms with van der Waals surface area (Å²) in [4.78, 5) is 10.1. The molecule has 14 heavy (non-hydrogen) atoms. The van der Waals surface area contributed by atoms with Crippen LogP contribution in [-0.4, -0.2) is 14.4 Å². The molecule has 0 saturated heterocycles. The average Bonchev–Trinajstić information content (AvgIpc) is 2.03. The third-order valence-electron chi connectivity index (χ3n) is 1.42. The second-order valence-electron chi connectivity index (χ2n) is 2.36. The molecule has 0 saturated carbocycles. The van der Waals surface area contributed by atoms with E-state index in [-0.39, 0.29) is 16.6 Å². The molecule has 1 aromatic rings. The van der Waals surface area contributed by atoms with Crippen LogP contribution in [0.4, 0.5) is 0 Å². The van der Waals surface area contributed by atoms with E-state index in [1.54, 1.807) is 0 Å². The Bertz CT molecular complexity index is 424. The van der Waals surface area contributed by atoms with Crippen molar-refractivity contribution in [1.29, 1.82) is 0 Å². The van der Waals surface area contributed by atoms with E-state index in [1.165, 1.54) is 0 Å². The zero-order valence-corrected chi connectivity index (χ0v) is 8.24. The number of carbonyl (C=O) groups excluding carboxylic acids is 1. The van der Waals surface area contributed by atoms with Gasteiger partial charge in [0.25, 0.3) is 0 Å². The van der Waals surface area contributed by atoms with Crippen molar-refractivity contribution in [3.63, 3.8) is 0 Å². The molecule has 0 atom stereocenters. The number of aromatic carboxylic acids is 1. The molecule has 0 aliphatic carbocycles. The van der Waals surface area contributed by atoms with Gasteiger partial charge in [0.1, 0.15) is 0 Å². The fourth-order valence-electron chi connectivity index (χ4n) is 0.781. The quantitative estimate of drug-likeness (QED) is 0.662. The van der Waals surface area contributed by atoms with Gasteiger partial charge in [-0.25, -0.2) is 13.6 Å². The first-order chi connectivity index (χ1) is 5.91. The lowest BCUT2D eigenvalue weighted by Crippen LogP contribution is -2.22. The molecule has 0 fully saturated rings. The highest BCUT2D eigenvalue weighted by molar-refractivity contribution is 7.89. The number of carboxylic acids is 1. The van der Waals surface area contributed by atoms with Gasteiger partial charge in [-0.2, -0.15) is 0 Å². The molecule has 0 bridgehead atoms. The first-order valence-corrected chi connectivity index (χ1v) is 4.80. The van der Waals surface area contributed by atoms with Crippen LogP contribution in [0.15, 0.2) is 29.2 Å². The monoisotopic (exact) mass is 218 g/mol. The summed E-state index contributed by atoms with van der Waals surface area (Å²) in [5, 5.41) is 15.1. The van der Waals surface area contributed by atoms with Crippen LogP contribution in [0.1, 0.15) is 10.4 Å². The molecule has 0 aliphatic heterocycles. The normalized spacial score (nSPS) is 10.4. The van der Waals surface area contributed by atoms with E-state index in [9.17, 15) is 18.3 Å². The van der Waals surface area contributed by atoms with E-state index < -0.39 is 16.0 Å². The largest absolute Gasteiger partial charge is 0.545 e. The van der Waals surface area contributed by atoms with Crippen molar-refractivity contribution in [1.82, 2.24) is 6.15 Å². The minimum atomic E-state index is -3.76. The number of carboxylic acid groups (broad SMARTS) is 1. The highest BCUT2D eigenvalue weighted by Gasteiger charge is 2.06. The predicted octanol–water partition coefficient (Wildman–Crippen LogP) is -0.926. The van der Waals surface area contributed by atoms with E-state index in [0.29, 0.717) is 0 Å². The minimum Gasteiger partial charge on any atom is -0.545 e. The van der Waals surface area contributed by atoms with Gasteiger partial charge in [-0.15, -0.1) is 0 Å². The summed E-state index contributed by atoms with van der Waals surface area (Å²) in [6, 6.07) is 4.46. The van der Waals surface area contributed by atoms with Crippen LogP contribution < -0.4 is 16.4 Å². The van der Waals surface area contributed by atoms with Crippen LogP contribution >= 0.6 is 0 Å². The fraction of sp³-hybridized carbons (Fsp3) is 0. The molecule has 0 spiro atoms. The van der Waals surface area contributed by atoms with Crippen LogP contribution in [0.3, 0.4) is 0 Å². The Morgan fingerprint density at radius 2 is 1.64 bits per heavy atom. The lowest BCUT2D eigenvalue weighted by molar-refractivity contribution is -0.255. The van der Waals surface area contributed by atoms with E-state index >= 15 is 0 Å². The molecule has 1 aromatic carbocycles. The third kappa shape index (κ3) is 2.80. The summed E-state index contributed by atoms with van der Waals surface area (Å²) in [6.07, 6.45) is 0. The van der Waals surface area contributed by atoms with Crippen LogP contribution in [0.2, 0.25) is 0 Å². The van der Waals surface area contributed by atoms with Gasteiger partial charge in [-0.05, 0) is 17.7 Å². The van der Waals surface area contributed by atoms with Gasteiger partial charge in [0.15, 0.2) is 0 Å². The first-order valence-electron chi connectivity index (χ1n) is 3.25. The third-order valence-corrected chi connectivity index (χ3v) is 2.35. The second kappa shape index (κ2) is 4.18. The van der Waals surface area contributed by atoms with Crippen molar-refractivity contribution in [2.75, 3.05) is 0 Å². The lowest BCUT2D eigenvalue weighted by atomic mass is 10.2. The number of hydrogen-bond donors (Lipinski definition) is 2. The zero-order chi connectivity index (χ0) is 10.1. The van der Waals surface area contributed by atoms with Crippen LogP contribution in [0.25, 0.3) is 0 Å². The van der Waals surface area contributed by atoms with Gasteiger partial charge in [-0.1, -0.05) is 12.1 Å². The molecular weight excluding hydrogens is 208 g/mol. The maximum absolute atomic E-state index is 10.7. The molecule has 0 aromatic heterocycles. The topological polar surface area (TPSA) is 137 Å².